The van der Waals surface area contributed by atoms with Crippen molar-refractivity contribution in [2.75, 3.05) is 33.7 Å². The standard InChI is InChI=1S/C11H20N2O/c1-9-4-11(5-9)7-13(8-11)10(14)6-12(2)3/h9H,4-8H2,1-3H3. The van der Waals surface area contributed by atoms with Gasteiger partial charge in [0.1, 0.15) is 0 Å². The molecule has 1 heterocycles. The van der Waals surface area contributed by atoms with Gasteiger partial charge in [-0.25, -0.2) is 0 Å². The number of carbonyl (C=O) groups excluding carboxylic acids is 1. The minimum absolute atomic E-state index is 0.292. The van der Waals surface area contributed by atoms with Crippen molar-refractivity contribution in [1.29, 1.82) is 0 Å². The van der Waals surface area contributed by atoms with Gasteiger partial charge in [0.15, 0.2) is 0 Å². The Kier molecular flexibility index (Phi) is 2.30. The summed E-state index contributed by atoms with van der Waals surface area (Å²) in [5.74, 6) is 1.18. The molecular formula is C11H20N2O. The van der Waals surface area contributed by atoms with Crippen LogP contribution in [0.5, 0.6) is 0 Å². The first-order valence-electron chi connectivity index (χ1n) is 5.43. The fraction of sp³-hybridized carbons (Fsp3) is 0.909. The van der Waals surface area contributed by atoms with E-state index in [2.05, 4.69) is 6.92 Å². The summed E-state index contributed by atoms with van der Waals surface area (Å²) in [7, 11) is 3.89. The highest BCUT2D eigenvalue weighted by Crippen LogP contribution is 2.51. The van der Waals surface area contributed by atoms with Crippen LogP contribution in [0.25, 0.3) is 0 Å². The molecule has 1 aliphatic carbocycles. The molecule has 1 saturated heterocycles. The zero-order valence-electron chi connectivity index (χ0n) is 9.42. The number of rotatable bonds is 2. The summed E-state index contributed by atoms with van der Waals surface area (Å²) in [5, 5.41) is 0. The lowest BCUT2D eigenvalue weighted by molar-refractivity contribution is -0.154. The van der Waals surface area contributed by atoms with Crippen LogP contribution in [-0.2, 0) is 4.79 Å². The zero-order chi connectivity index (χ0) is 10.3. The SMILES string of the molecule is CC1CC2(C1)CN(C(=O)CN(C)C)C2. The summed E-state index contributed by atoms with van der Waals surface area (Å²) in [6.07, 6.45) is 2.66. The molecule has 0 atom stereocenters. The van der Waals surface area contributed by atoms with Gasteiger partial charge in [0.05, 0.1) is 6.54 Å². The number of likely N-dealkylation sites (N-methyl/N-ethyl adjacent to an activating group) is 1. The van der Waals surface area contributed by atoms with Crippen molar-refractivity contribution in [3.05, 3.63) is 0 Å². The monoisotopic (exact) mass is 196 g/mol. The van der Waals surface area contributed by atoms with Crippen molar-refractivity contribution in [3.8, 4) is 0 Å². The molecule has 14 heavy (non-hydrogen) atoms. The summed E-state index contributed by atoms with van der Waals surface area (Å²) >= 11 is 0. The fourth-order valence-corrected chi connectivity index (χ4v) is 2.99. The van der Waals surface area contributed by atoms with E-state index in [0.717, 1.165) is 19.0 Å². The molecule has 1 saturated carbocycles. The Labute approximate surface area is 86.1 Å². The Hall–Kier alpha value is -0.570. The number of hydrogen-bond donors (Lipinski definition) is 0. The lowest BCUT2D eigenvalue weighted by Gasteiger charge is -2.58. The van der Waals surface area contributed by atoms with Gasteiger partial charge in [-0.2, -0.15) is 0 Å². The largest absolute Gasteiger partial charge is 0.340 e. The lowest BCUT2D eigenvalue weighted by Crippen LogP contribution is -2.64. The van der Waals surface area contributed by atoms with Gasteiger partial charge in [-0.15, -0.1) is 0 Å². The van der Waals surface area contributed by atoms with Gasteiger partial charge < -0.3 is 9.80 Å². The molecule has 2 fully saturated rings. The molecule has 1 aliphatic heterocycles. The number of hydrogen-bond acceptors (Lipinski definition) is 2. The molecule has 0 radical (unpaired) electrons. The molecule has 2 rings (SSSR count). The van der Waals surface area contributed by atoms with E-state index >= 15 is 0 Å². The highest BCUT2D eigenvalue weighted by molar-refractivity contribution is 5.79. The lowest BCUT2D eigenvalue weighted by atomic mass is 9.58. The molecule has 1 spiro atoms. The minimum Gasteiger partial charge on any atom is -0.340 e. The third kappa shape index (κ3) is 1.65. The molecule has 0 aromatic carbocycles. The highest BCUT2D eigenvalue weighted by Gasteiger charge is 2.51. The molecule has 80 valence electrons. The molecule has 0 aromatic heterocycles. The summed E-state index contributed by atoms with van der Waals surface area (Å²) in [6.45, 7) is 4.90. The van der Waals surface area contributed by atoms with Crippen LogP contribution in [0.2, 0.25) is 0 Å². The number of likely N-dealkylation sites (tertiary alicyclic amines) is 1. The van der Waals surface area contributed by atoms with E-state index in [0.29, 0.717) is 17.9 Å². The summed E-state index contributed by atoms with van der Waals surface area (Å²) in [4.78, 5) is 15.6. The van der Waals surface area contributed by atoms with Crippen molar-refractivity contribution in [3.63, 3.8) is 0 Å². The average Bonchev–Trinajstić information content (AvgIpc) is 1.91. The maximum atomic E-state index is 11.6. The van der Waals surface area contributed by atoms with Crippen molar-refractivity contribution in [2.24, 2.45) is 11.3 Å². The predicted molar refractivity (Wildman–Crippen MR) is 56.0 cm³/mol. The van der Waals surface area contributed by atoms with E-state index in [-0.39, 0.29) is 0 Å². The van der Waals surface area contributed by atoms with E-state index in [1.807, 2.05) is 23.9 Å². The maximum absolute atomic E-state index is 11.6. The van der Waals surface area contributed by atoms with Crippen LogP contribution in [-0.4, -0.2) is 49.4 Å². The van der Waals surface area contributed by atoms with Crippen LogP contribution >= 0.6 is 0 Å². The second-order valence-corrected chi connectivity index (χ2v) is 5.50. The Bertz CT molecular complexity index is 236. The molecule has 0 N–H and O–H groups in total. The number of nitrogens with zero attached hydrogens (tertiary/aromatic N) is 2. The molecule has 0 bridgehead atoms. The molecule has 2 aliphatic rings. The first-order chi connectivity index (χ1) is 6.51. The van der Waals surface area contributed by atoms with E-state index in [1.165, 1.54) is 12.8 Å². The van der Waals surface area contributed by atoms with Crippen LogP contribution in [0.1, 0.15) is 19.8 Å². The van der Waals surface area contributed by atoms with Gasteiger partial charge in [-0.1, -0.05) is 6.92 Å². The van der Waals surface area contributed by atoms with Crippen LogP contribution in [0.3, 0.4) is 0 Å². The van der Waals surface area contributed by atoms with Gasteiger partial charge >= 0.3 is 0 Å². The molecule has 1 amide bonds. The first-order valence-corrected chi connectivity index (χ1v) is 5.43. The summed E-state index contributed by atoms with van der Waals surface area (Å²) < 4.78 is 0. The van der Waals surface area contributed by atoms with E-state index in [1.54, 1.807) is 0 Å². The van der Waals surface area contributed by atoms with E-state index < -0.39 is 0 Å². The summed E-state index contributed by atoms with van der Waals surface area (Å²) in [6, 6.07) is 0. The van der Waals surface area contributed by atoms with Crippen LogP contribution < -0.4 is 0 Å². The van der Waals surface area contributed by atoms with Gasteiger partial charge in [-0.05, 0) is 32.9 Å². The molecular weight excluding hydrogens is 176 g/mol. The predicted octanol–water partition coefficient (Wildman–Crippen LogP) is 0.806. The van der Waals surface area contributed by atoms with Crippen molar-refractivity contribution in [2.45, 2.75) is 19.8 Å². The van der Waals surface area contributed by atoms with Gasteiger partial charge in [-0.3, -0.25) is 4.79 Å². The minimum atomic E-state index is 0.292. The molecule has 3 nitrogen and oxygen atoms in total. The van der Waals surface area contributed by atoms with E-state index in [4.69, 9.17) is 0 Å². The topological polar surface area (TPSA) is 23.6 Å². The summed E-state index contributed by atoms with van der Waals surface area (Å²) in [5.41, 5.74) is 0.543. The maximum Gasteiger partial charge on any atom is 0.236 e. The van der Waals surface area contributed by atoms with Crippen LogP contribution in [0.15, 0.2) is 0 Å². The number of carbonyl (C=O) groups is 1. The van der Waals surface area contributed by atoms with Crippen molar-refractivity contribution in [1.82, 2.24) is 9.80 Å². The van der Waals surface area contributed by atoms with E-state index in [9.17, 15) is 4.79 Å². The Morgan fingerprint density at radius 2 is 2.00 bits per heavy atom. The fourth-order valence-electron chi connectivity index (χ4n) is 2.99. The second-order valence-electron chi connectivity index (χ2n) is 5.50. The normalized spacial score (nSPS) is 25.0. The van der Waals surface area contributed by atoms with Gasteiger partial charge in [0.2, 0.25) is 5.91 Å². The number of amides is 1. The van der Waals surface area contributed by atoms with Crippen molar-refractivity contribution < 1.29 is 4.79 Å². The molecule has 3 heteroatoms. The van der Waals surface area contributed by atoms with Crippen LogP contribution in [0, 0.1) is 11.3 Å². The third-order valence-corrected chi connectivity index (χ3v) is 3.42. The van der Waals surface area contributed by atoms with Gasteiger partial charge in [0, 0.05) is 18.5 Å². The Morgan fingerprint density at radius 3 is 2.43 bits per heavy atom. The van der Waals surface area contributed by atoms with Crippen molar-refractivity contribution >= 4 is 5.91 Å². The average molecular weight is 196 g/mol. The molecule has 0 unspecified atom stereocenters. The van der Waals surface area contributed by atoms with Gasteiger partial charge in [0.25, 0.3) is 0 Å². The molecule has 0 aromatic rings. The Balaban J connectivity index is 1.75. The zero-order valence-corrected chi connectivity index (χ0v) is 9.42. The quantitative estimate of drug-likeness (QED) is 0.652. The second kappa shape index (κ2) is 3.23. The van der Waals surface area contributed by atoms with Crippen LogP contribution in [0.4, 0.5) is 0 Å². The first kappa shape index (κ1) is 9.97. The smallest absolute Gasteiger partial charge is 0.236 e. The Morgan fingerprint density at radius 1 is 1.43 bits per heavy atom. The third-order valence-electron chi connectivity index (χ3n) is 3.42. The highest BCUT2D eigenvalue weighted by atomic mass is 16.2.